The van der Waals surface area contributed by atoms with Crippen LogP contribution in [0.25, 0.3) is 0 Å². The van der Waals surface area contributed by atoms with Crippen LogP contribution in [0.15, 0.2) is 23.1 Å². The summed E-state index contributed by atoms with van der Waals surface area (Å²) in [4.78, 5) is 2.71. The van der Waals surface area contributed by atoms with E-state index in [4.69, 9.17) is 0 Å². The molecule has 0 amide bonds. The molecule has 3 rings (SSSR count). The summed E-state index contributed by atoms with van der Waals surface area (Å²) in [5, 5.41) is 0. The van der Waals surface area contributed by atoms with Crippen molar-refractivity contribution in [2.24, 2.45) is 5.41 Å². The third-order valence-electron chi connectivity index (χ3n) is 5.05. The molecule has 0 spiro atoms. The molecule has 0 aromatic heterocycles. The Bertz CT molecular complexity index is 636. The van der Waals surface area contributed by atoms with Crippen LogP contribution >= 0.6 is 0 Å². The van der Waals surface area contributed by atoms with Gasteiger partial charge in [-0.05, 0) is 55.3 Å². The number of sulfonamides is 1. The molecule has 1 saturated carbocycles. The van der Waals surface area contributed by atoms with Gasteiger partial charge in [0.15, 0.2) is 0 Å². The minimum Gasteiger partial charge on any atom is -0.302 e. The Balaban J connectivity index is 1.84. The summed E-state index contributed by atoms with van der Waals surface area (Å²) in [6.45, 7) is 4.47. The van der Waals surface area contributed by atoms with Gasteiger partial charge in [-0.3, -0.25) is 0 Å². The van der Waals surface area contributed by atoms with Crippen molar-refractivity contribution in [1.29, 1.82) is 0 Å². The van der Waals surface area contributed by atoms with Crippen molar-refractivity contribution in [3.05, 3.63) is 29.3 Å². The standard InChI is InChI=1S/C16H24N2O2S/c1-3-16(8-9-16)12-17-21(19,20)15-6-4-5-13-11-18(2)10-7-14(13)15/h4-6,17H,3,7-12H2,1-2H3. The van der Waals surface area contributed by atoms with Crippen LogP contribution in [-0.4, -0.2) is 33.5 Å². The van der Waals surface area contributed by atoms with E-state index in [1.165, 1.54) is 0 Å². The molecular weight excluding hydrogens is 284 g/mol. The molecule has 1 fully saturated rings. The zero-order valence-corrected chi connectivity index (χ0v) is 13.7. The van der Waals surface area contributed by atoms with E-state index in [0.29, 0.717) is 11.4 Å². The minimum absolute atomic E-state index is 0.224. The molecule has 0 atom stereocenters. The molecule has 5 heteroatoms. The zero-order valence-electron chi connectivity index (χ0n) is 12.9. The number of hydrogen-bond donors (Lipinski definition) is 1. The summed E-state index contributed by atoms with van der Waals surface area (Å²) in [5.41, 5.74) is 2.37. The summed E-state index contributed by atoms with van der Waals surface area (Å²) >= 11 is 0. The second-order valence-corrected chi connectivity index (χ2v) is 8.30. The van der Waals surface area contributed by atoms with Crippen molar-refractivity contribution in [2.45, 2.75) is 44.0 Å². The number of nitrogens with zero attached hydrogens (tertiary/aromatic N) is 1. The number of rotatable bonds is 5. The maximum atomic E-state index is 12.7. The highest BCUT2D eigenvalue weighted by atomic mass is 32.2. The van der Waals surface area contributed by atoms with Crippen molar-refractivity contribution in [3.63, 3.8) is 0 Å². The first-order valence-electron chi connectivity index (χ1n) is 7.75. The fraction of sp³-hybridized carbons (Fsp3) is 0.625. The van der Waals surface area contributed by atoms with Crippen LogP contribution in [0.3, 0.4) is 0 Å². The molecule has 116 valence electrons. The topological polar surface area (TPSA) is 49.4 Å². The molecule has 0 unspecified atom stereocenters. The van der Waals surface area contributed by atoms with Gasteiger partial charge >= 0.3 is 0 Å². The molecule has 1 aliphatic carbocycles. The average molecular weight is 308 g/mol. The fourth-order valence-corrected chi connectivity index (χ4v) is 4.59. The molecular formula is C16H24N2O2S. The third-order valence-corrected chi connectivity index (χ3v) is 6.53. The normalized spacial score (nSPS) is 21.0. The van der Waals surface area contributed by atoms with Crippen LogP contribution in [0.4, 0.5) is 0 Å². The van der Waals surface area contributed by atoms with E-state index in [9.17, 15) is 8.42 Å². The fourth-order valence-electron chi connectivity index (χ4n) is 3.13. The highest BCUT2D eigenvalue weighted by Gasteiger charge is 2.41. The van der Waals surface area contributed by atoms with Gasteiger partial charge in [-0.1, -0.05) is 19.1 Å². The highest BCUT2D eigenvalue weighted by Crippen LogP contribution is 2.48. The number of hydrogen-bond acceptors (Lipinski definition) is 3. The van der Waals surface area contributed by atoms with Gasteiger partial charge in [-0.15, -0.1) is 0 Å². The molecule has 0 radical (unpaired) electrons. The van der Waals surface area contributed by atoms with Gasteiger partial charge in [-0.25, -0.2) is 13.1 Å². The van der Waals surface area contributed by atoms with Gasteiger partial charge in [0.25, 0.3) is 0 Å². The van der Waals surface area contributed by atoms with E-state index < -0.39 is 10.0 Å². The first kappa shape index (κ1) is 15.0. The van der Waals surface area contributed by atoms with Crippen LogP contribution < -0.4 is 4.72 Å². The lowest BCUT2D eigenvalue weighted by molar-refractivity contribution is 0.311. The molecule has 21 heavy (non-hydrogen) atoms. The van der Waals surface area contributed by atoms with Crippen LogP contribution in [0, 0.1) is 5.41 Å². The van der Waals surface area contributed by atoms with E-state index in [2.05, 4.69) is 23.6 Å². The van der Waals surface area contributed by atoms with Crippen molar-refractivity contribution < 1.29 is 8.42 Å². The molecule has 1 aliphatic heterocycles. The Labute approximate surface area is 127 Å². The molecule has 1 N–H and O–H groups in total. The highest BCUT2D eigenvalue weighted by molar-refractivity contribution is 7.89. The maximum absolute atomic E-state index is 12.7. The van der Waals surface area contributed by atoms with Crippen molar-refractivity contribution in [2.75, 3.05) is 20.1 Å². The largest absolute Gasteiger partial charge is 0.302 e. The van der Waals surface area contributed by atoms with Gasteiger partial charge in [-0.2, -0.15) is 0 Å². The van der Waals surface area contributed by atoms with Gasteiger partial charge < -0.3 is 4.90 Å². The SMILES string of the molecule is CCC1(CNS(=O)(=O)c2cccc3c2CCN(C)C3)CC1. The second-order valence-electron chi connectivity index (χ2n) is 6.56. The van der Waals surface area contributed by atoms with E-state index >= 15 is 0 Å². The predicted molar refractivity (Wildman–Crippen MR) is 83.6 cm³/mol. The van der Waals surface area contributed by atoms with E-state index in [1.807, 2.05) is 12.1 Å². The van der Waals surface area contributed by atoms with Crippen LogP contribution in [0.5, 0.6) is 0 Å². The van der Waals surface area contributed by atoms with Gasteiger partial charge in [0, 0.05) is 19.6 Å². The zero-order chi connectivity index (χ0) is 15.1. The molecule has 1 aromatic carbocycles. The lowest BCUT2D eigenvalue weighted by Crippen LogP contribution is -2.33. The Hall–Kier alpha value is -0.910. The molecule has 4 nitrogen and oxygen atoms in total. The molecule has 0 saturated heterocycles. The van der Waals surface area contributed by atoms with Crippen LogP contribution in [0.1, 0.15) is 37.3 Å². The van der Waals surface area contributed by atoms with E-state index in [-0.39, 0.29) is 5.41 Å². The Morgan fingerprint density at radius 1 is 1.33 bits per heavy atom. The Morgan fingerprint density at radius 3 is 2.76 bits per heavy atom. The monoisotopic (exact) mass is 308 g/mol. The minimum atomic E-state index is -3.39. The number of benzene rings is 1. The second kappa shape index (κ2) is 5.38. The van der Waals surface area contributed by atoms with Crippen LogP contribution in [-0.2, 0) is 23.0 Å². The summed E-state index contributed by atoms with van der Waals surface area (Å²) in [6, 6.07) is 5.65. The molecule has 1 aromatic rings. The molecule has 1 heterocycles. The lowest BCUT2D eigenvalue weighted by Gasteiger charge is -2.26. The third kappa shape index (κ3) is 3.00. The van der Waals surface area contributed by atoms with Gasteiger partial charge in [0.05, 0.1) is 4.90 Å². The Morgan fingerprint density at radius 2 is 2.10 bits per heavy atom. The average Bonchev–Trinajstić information content (AvgIpc) is 3.25. The summed E-state index contributed by atoms with van der Waals surface area (Å²) < 4.78 is 28.2. The maximum Gasteiger partial charge on any atom is 0.240 e. The molecule has 0 bridgehead atoms. The first-order chi connectivity index (χ1) is 9.96. The molecule has 2 aliphatic rings. The predicted octanol–water partition coefficient (Wildman–Crippen LogP) is 2.14. The van der Waals surface area contributed by atoms with Crippen LogP contribution in [0.2, 0.25) is 0 Å². The van der Waals surface area contributed by atoms with Crippen molar-refractivity contribution in [1.82, 2.24) is 9.62 Å². The first-order valence-corrected chi connectivity index (χ1v) is 9.23. The van der Waals surface area contributed by atoms with Gasteiger partial charge in [0.2, 0.25) is 10.0 Å². The number of likely N-dealkylation sites (N-methyl/N-ethyl adjacent to an activating group) is 1. The Kier molecular flexibility index (Phi) is 3.84. The summed E-state index contributed by atoms with van der Waals surface area (Å²) in [6.07, 6.45) is 4.14. The smallest absolute Gasteiger partial charge is 0.240 e. The van der Waals surface area contributed by atoms with E-state index in [0.717, 1.165) is 49.9 Å². The summed E-state index contributed by atoms with van der Waals surface area (Å²) in [5.74, 6) is 0. The van der Waals surface area contributed by atoms with Gasteiger partial charge in [0.1, 0.15) is 0 Å². The van der Waals surface area contributed by atoms with Crippen molar-refractivity contribution >= 4 is 10.0 Å². The quantitative estimate of drug-likeness (QED) is 0.906. The number of nitrogens with one attached hydrogen (secondary N) is 1. The van der Waals surface area contributed by atoms with E-state index in [1.54, 1.807) is 6.07 Å². The lowest BCUT2D eigenvalue weighted by atomic mass is 10.0. The summed E-state index contributed by atoms with van der Waals surface area (Å²) in [7, 11) is -1.32. The number of fused-ring (bicyclic) bond motifs is 1. The van der Waals surface area contributed by atoms with Crippen molar-refractivity contribution in [3.8, 4) is 0 Å².